The molecule has 42 heavy (non-hydrogen) atoms. The zero-order chi connectivity index (χ0) is 31.0. The second kappa shape index (κ2) is 14.3. The van der Waals surface area contributed by atoms with E-state index in [1.165, 1.54) is 36.0 Å². The molecule has 5 N–H and O–H groups in total. The summed E-state index contributed by atoms with van der Waals surface area (Å²) in [5, 5.41) is 31.0. The molecular weight excluding hydrogens is 608 g/mol. The first kappa shape index (κ1) is 32.6. The van der Waals surface area contributed by atoms with E-state index in [1.54, 1.807) is 6.07 Å². The maximum atomic E-state index is 12.8. The number of aromatic carboxylic acids is 1. The van der Waals surface area contributed by atoms with Gasteiger partial charge in [-0.25, -0.2) is 17.9 Å². The van der Waals surface area contributed by atoms with Gasteiger partial charge in [0.05, 0.1) is 23.1 Å². The van der Waals surface area contributed by atoms with Crippen molar-refractivity contribution in [3.63, 3.8) is 0 Å². The number of carboxylic acids is 2. The molecule has 0 aromatic heterocycles. The molecule has 3 rings (SSSR count). The molecular formula is C28H27ClN2O9S2. The number of carbonyl (C=O) groups excluding carboxylic acids is 2. The molecule has 3 aromatic rings. The molecule has 222 valence electrons. The van der Waals surface area contributed by atoms with Crippen LogP contribution in [0, 0.1) is 6.92 Å². The van der Waals surface area contributed by atoms with E-state index in [4.69, 9.17) is 16.7 Å². The summed E-state index contributed by atoms with van der Waals surface area (Å²) >= 11 is 7.47. The number of phenols is 1. The number of rotatable bonds is 14. The molecule has 0 heterocycles. The van der Waals surface area contributed by atoms with Crippen molar-refractivity contribution in [2.45, 2.75) is 36.6 Å². The van der Waals surface area contributed by atoms with Crippen molar-refractivity contribution in [3.05, 3.63) is 93.5 Å². The first-order valence-corrected chi connectivity index (χ1v) is 15.3. The average Bonchev–Trinajstić information content (AvgIpc) is 2.92. The van der Waals surface area contributed by atoms with Gasteiger partial charge >= 0.3 is 11.9 Å². The van der Waals surface area contributed by atoms with Gasteiger partial charge in [-0.1, -0.05) is 35.9 Å². The van der Waals surface area contributed by atoms with Crippen molar-refractivity contribution < 1.29 is 42.9 Å². The number of aromatic hydroxyl groups is 1. The Morgan fingerprint density at radius 2 is 1.67 bits per heavy atom. The third-order valence-corrected chi connectivity index (χ3v) is 8.73. The van der Waals surface area contributed by atoms with Gasteiger partial charge in [0.25, 0.3) is 5.91 Å². The molecule has 0 saturated carbocycles. The fourth-order valence-corrected chi connectivity index (χ4v) is 6.08. The summed E-state index contributed by atoms with van der Waals surface area (Å²) < 4.78 is 27.5. The Hall–Kier alpha value is -3.91. The first-order chi connectivity index (χ1) is 19.8. The van der Waals surface area contributed by atoms with Gasteiger partial charge < -0.3 is 20.6 Å². The number of aliphatic carboxylic acids is 1. The Balaban J connectivity index is 1.60. The number of aryl methyl sites for hydroxylation is 1. The number of amides is 1. The third kappa shape index (κ3) is 9.05. The SMILES string of the molecule is Cc1ccc(CSCC(=O)C(CC(=O)O)NC(=O)c2ccc(CNS(=O)(=O)c3ccc(O)c(C(=O)O)c3)cc2)c(Cl)c1. The number of halogens is 1. The van der Waals surface area contributed by atoms with Gasteiger partial charge in [-0.05, 0) is 60.0 Å². The summed E-state index contributed by atoms with van der Waals surface area (Å²) in [7, 11) is -4.13. The van der Waals surface area contributed by atoms with Crippen LogP contribution in [0.4, 0.5) is 0 Å². The van der Waals surface area contributed by atoms with Crippen LogP contribution in [0.25, 0.3) is 0 Å². The summed E-state index contributed by atoms with van der Waals surface area (Å²) in [5.74, 6) is -4.09. The lowest BCUT2D eigenvalue weighted by atomic mass is 10.1. The van der Waals surface area contributed by atoms with Gasteiger partial charge in [0.2, 0.25) is 10.0 Å². The van der Waals surface area contributed by atoms with Crippen molar-refractivity contribution in [1.29, 1.82) is 0 Å². The van der Waals surface area contributed by atoms with E-state index in [2.05, 4.69) is 10.0 Å². The highest BCUT2D eigenvalue weighted by molar-refractivity contribution is 7.99. The number of carboxylic acid groups (broad SMARTS) is 2. The maximum absolute atomic E-state index is 12.8. The summed E-state index contributed by atoms with van der Waals surface area (Å²) in [4.78, 5) is 47.7. The molecule has 0 bridgehead atoms. The minimum Gasteiger partial charge on any atom is -0.507 e. The number of hydrogen-bond acceptors (Lipinski definition) is 8. The molecule has 0 saturated heterocycles. The molecule has 1 unspecified atom stereocenters. The lowest BCUT2D eigenvalue weighted by Crippen LogP contribution is -2.43. The molecule has 0 radical (unpaired) electrons. The maximum Gasteiger partial charge on any atom is 0.339 e. The van der Waals surface area contributed by atoms with Gasteiger partial charge in [-0.15, -0.1) is 11.8 Å². The molecule has 14 heteroatoms. The topological polar surface area (TPSA) is 187 Å². The van der Waals surface area contributed by atoms with Crippen LogP contribution < -0.4 is 10.0 Å². The molecule has 1 amide bonds. The van der Waals surface area contributed by atoms with Crippen LogP contribution >= 0.6 is 23.4 Å². The molecule has 11 nitrogen and oxygen atoms in total. The number of nitrogens with one attached hydrogen (secondary N) is 2. The van der Waals surface area contributed by atoms with Gasteiger partial charge in [-0.2, -0.15) is 0 Å². The van der Waals surface area contributed by atoms with E-state index in [9.17, 15) is 37.8 Å². The van der Waals surface area contributed by atoms with Crippen molar-refractivity contribution in [2.24, 2.45) is 0 Å². The Morgan fingerprint density at radius 1 is 0.976 bits per heavy atom. The lowest BCUT2D eigenvalue weighted by Gasteiger charge is -2.16. The van der Waals surface area contributed by atoms with Crippen molar-refractivity contribution in [2.75, 3.05) is 5.75 Å². The molecule has 0 aliphatic rings. The average molecular weight is 635 g/mol. The Bertz CT molecular complexity index is 1610. The van der Waals surface area contributed by atoms with Crippen molar-refractivity contribution in [1.82, 2.24) is 10.0 Å². The highest BCUT2D eigenvalue weighted by atomic mass is 35.5. The predicted molar refractivity (Wildman–Crippen MR) is 156 cm³/mol. The van der Waals surface area contributed by atoms with Gasteiger partial charge in [-0.3, -0.25) is 14.4 Å². The standard InChI is InChI=1S/C28H27ClN2O9S2/c1-16-2-5-19(22(29)10-16)14-41-15-25(33)23(12-26(34)35)31-27(36)18-6-3-17(4-7-18)13-30-42(39,40)20-8-9-24(32)21(11-20)28(37)38/h2-11,23,30,32H,12-15H2,1H3,(H,31,36)(H,34,35)(H,37,38). The van der Waals surface area contributed by atoms with Crippen LogP contribution in [0.15, 0.2) is 65.6 Å². The number of Topliss-reactive ketones (excluding diaryl/α,β-unsaturated/α-hetero) is 1. The summed E-state index contributed by atoms with van der Waals surface area (Å²) in [5.41, 5.74) is 1.83. The van der Waals surface area contributed by atoms with Crippen LogP contribution in [0.5, 0.6) is 5.75 Å². The third-order valence-electron chi connectivity index (χ3n) is 5.97. The Morgan fingerprint density at radius 3 is 2.29 bits per heavy atom. The van der Waals surface area contributed by atoms with Crippen LogP contribution in [0.2, 0.25) is 5.02 Å². The second-order valence-electron chi connectivity index (χ2n) is 9.18. The normalized spacial score (nSPS) is 12.0. The van der Waals surface area contributed by atoms with Crippen LogP contribution in [-0.2, 0) is 31.9 Å². The zero-order valence-electron chi connectivity index (χ0n) is 22.2. The molecule has 0 fully saturated rings. The zero-order valence-corrected chi connectivity index (χ0v) is 24.6. The number of carbonyl (C=O) groups is 4. The second-order valence-corrected chi connectivity index (χ2v) is 12.3. The highest BCUT2D eigenvalue weighted by Gasteiger charge is 2.24. The number of thioether (sulfide) groups is 1. The highest BCUT2D eigenvalue weighted by Crippen LogP contribution is 2.23. The summed E-state index contributed by atoms with van der Waals surface area (Å²) in [6.45, 7) is 1.70. The molecule has 0 aliphatic heterocycles. The number of hydrogen-bond donors (Lipinski definition) is 5. The fraction of sp³-hybridized carbons (Fsp3) is 0.214. The largest absolute Gasteiger partial charge is 0.507 e. The lowest BCUT2D eigenvalue weighted by molar-refractivity contribution is -0.139. The monoisotopic (exact) mass is 634 g/mol. The summed E-state index contributed by atoms with van der Waals surface area (Å²) in [6.07, 6.45) is -0.600. The number of ketones is 1. The molecule has 0 spiro atoms. The van der Waals surface area contributed by atoms with Crippen LogP contribution in [0.1, 0.15) is 43.8 Å². The van der Waals surface area contributed by atoms with Crippen LogP contribution in [0.3, 0.4) is 0 Å². The van der Waals surface area contributed by atoms with Crippen molar-refractivity contribution >= 4 is 57.0 Å². The van der Waals surface area contributed by atoms with E-state index >= 15 is 0 Å². The summed E-state index contributed by atoms with van der Waals surface area (Å²) in [6, 6.07) is 12.8. The Labute approximate surface area is 251 Å². The fourth-order valence-electron chi connectivity index (χ4n) is 3.68. The van der Waals surface area contributed by atoms with Crippen molar-refractivity contribution in [3.8, 4) is 5.75 Å². The molecule has 3 aromatic carbocycles. The van der Waals surface area contributed by atoms with Gasteiger partial charge in [0.15, 0.2) is 5.78 Å². The van der Waals surface area contributed by atoms with Gasteiger partial charge in [0, 0.05) is 22.9 Å². The van der Waals surface area contributed by atoms with E-state index in [0.717, 1.165) is 29.3 Å². The van der Waals surface area contributed by atoms with E-state index in [-0.39, 0.29) is 22.8 Å². The van der Waals surface area contributed by atoms with Gasteiger partial charge in [0.1, 0.15) is 11.3 Å². The van der Waals surface area contributed by atoms with E-state index in [1.807, 2.05) is 19.1 Å². The van der Waals surface area contributed by atoms with E-state index in [0.29, 0.717) is 16.3 Å². The molecule has 0 aliphatic carbocycles. The first-order valence-electron chi connectivity index (χ1n) is 12.3. The molecule has 1 atom stereocenters. The Kier molecular flexibility index (Phi) is 11.1. The minimum absolute atomic E-state index is 0.0451. The minimum atomic E-state index is -4.13. The quantitative estimate of drug-likeness (QED) is 0.175. The van der Waals surface area contributed by atoms with E-state index < -0.39 is 57.4 Å². The predicted octanol–water partition coefficient (Wildman–Crippen LogP) is 3.61. The number of sulfonamides is 1. The van der Waals surface area contributed by atoms with Crippen LogP contribution in [-0.4, -0.2) is 59.2 Å². The smallest absolute Gasteiger partial charge is 0.339 e. The number of benzene rings is 3.